The van der Waals surface area contributed by atoms with E-state index in [1.807, 2.05) is 22.4 Å². The highest BCUT2D eigenvalue weighted by Gasteiger charge is 2.45. The lowest BCUT2D eigenvalue weighted by molar-refractivity contribution is -0.136. The molecule has 1 atom stereocenters. The van der Waals surface area contributed by atoms with E-state index in [0.717, 1.165) is 72.9 Å². The molecular weight excluding hydrogens is 776 g/mol. The third kappa shape index (κ3) is 7.55. The molecule has 1 aliphatic carbocycles. The van der Waals surface area contributed by atoms with Crippen LogP contribution in [0.2, 0.25) is 0 Å². The van der Waals surface area contributed by atoms with Crippen molar-refractivity contribution < 1.29 is 32.9 Å². The Balaban J connectivity index is 0.740. The van der Waals surface area contributed by atoms with Gasteiger partial charge in [0.05, 0.1) is 52.5 Å². The van der Waals surface area contributed by atoms with Crippen molar-refractivity contribution >= 4 is 52.4 Å². The molecule has 1 aromatic carbocycles. The van der Waals surface area contributed by atoms with E-state index in [9.17, 15) is 24.0 Å². The third-order valence-corrected chi connectivity index (χ3v) is 11.8. The Morgan fingerprint density at radius 1 is 0.950 bits per heavy atom. The fourth-order valence-corrected chi connectivity index (χ4v) is 8.74. The average Bonchev–Trinajstić information content (AvgIpc) is 4.06. The highest BCUT2D eigenvalue weighted by Crippen LogP contribution is 2.38. The molecule has 4 aliphatic rings. The number of pyridine rings is 1. The van der Waals surface area contributed by atoms with E-state index in [1.165, 1.54) is 6.07 Å². The van der Waals surface area contributed by atoms with Crippen LogP contribution in [0, 0.1) is 12.7 Å². The molecule has 5 aromatic rings. The van der Waals surface area contributed by atoms with E-state index >= 15 is 4.39 Å². The molecule has 2 saturated heterocycles. The van der Waals surface area contributed by atoms with Gasteiger partial charge in [-0.25, -0.2) is 18.7 Å². The number of carbonyl (C=O) groups excluding carboxylic acids is 5. The Kier molecular flexibility index (Phi) is 10.5. The Hall–Kier alpha value is -6.63. The first-order valence-corrected chi connectivity index (χ1v) is 20.3. The van der Waals surface area contributed by atoms with E-state index in [4.69, 9.17) is 4.52 Å². The van der Waals surface area contributed by atoms with Crippen LogP contribution in [0.4, 0.5) is 26.2 Å². The van der Waals surface area contributed by atoms with E-state index in [2.05, 4.69) is 46.1 Å². The molecule has 0 spiro atoms. The zero-order chi connectivity index (χ0) is 41.5. The van der Waals surface area contributed by atoms with Gasteiger partial charge in [0.1, 0.15) is 17.6 Å². The molecule has 6 amide bonds. The number of hydrogen-bond donors (Lipinski definition) is 3. The largest absolute Gasteiger partial charge is 0.367 e. The number of urea groups is 1. The number of hydrogen-bond acceptors (Lipinski definition) is 13. The van der Waals surface area contributed by atoms with Gasteiger partial charge < -0.3 is 20.1 Å². The fourth-order valence-electron chi connectivity index (χ4n) is 8.74. The molecule has 19 heteroatoms. The second-order valence-corrected chi connectivity index (χ2v) is 15.7. The Labute approximate surface area is 342 Å². The number of aromatic nitrogens is 6. The van der Waals surface area contributed by atoms with Crippen LogP contribution >= 0.6 is 0 Å². The van der Waals surface area contributed by atoms with Crippen molar-refractivity contribution in [3.8, 4) is 11.5 Å². The van der Waals surface area contributed by atoms with Gasteiger partial charge in [0, 0.05) is 51.0 Å². The maximum Gasteiger partial charge on any atom is 0.323 e. The maximum absolute atomic E-state index is 15.4. The van der Waals surface area contributed by atoms with Crippen molar-refractivity contribution in [1.82, 2.24) is 44.8 Å². The van der Waals surface area contributed by atoms with Crippen molar-refractivity contribution in [3.63, 3.8) is 0 Å². The van der Waals surface area contributed by atoms with Crippen molar-refractivity contribution in [2.75, 3.05) is 48.3 Å². The predicted octanol–water partition coefficient (Wildman–Crippen LogP) is 4.47. The summed E-state index contributed by atoms with van der Waals surface area (Å²) in [5.74, 6) is -2.03. The fraction of sp³-hybridized carbons (Fsp3) is 0.415. The summed E-state index contributed by atoms with van der Waals surface area (Å²) in [4.78, 5) is 82.0. The van der Waals surface area contributed by atoms with Crippen LogP contribution in [0.15, 0.2) is 47.4 Å². The molecule has 18 nitrogen and oxygen atoms in total. The van der Waals surface area contributed by atoms with Crippen LogP contribution in [0.1, 0.15) is 95.1 Å². The van der Waals surface area contributed by atoms with Crippen LogP contribution in [0.3, 0.4) is 0 Å². The van der Waals surface area contributed by atoms with Crippen LogP contribution < -0.4 is 20.9 Å². The van der Waals surface area contributed by atoms with Crippen LogP contribution in [0.5, 0.6) is 0 Å². The molecule has 1 unspecified atom stereocenters. The second kappa shape index (κ2) is 16.2. The minimum absolute atomic E-state index is 0.00793. The molecule has 60 heavy (non-hydrogen) atoms. The quantitative estimate of drug-likeness (QED) is 0.124. The first-order valence-electron chi connectivity index (χ1n) is 20.3. The summed E-state index contributed by atoms with van der Waals surface area (Å²) in [6.45, 7) is 5.07. The summed E-state index contributed by atoms with van der Waals surface area (Å²) in [6, 6.07) is 4.61. The van der Waals surface area contributed by atoms with Gasteiger partial charge in [-0.05, 0) is 69.3 Å². The molecular formula is C41H43FN12O6. The van der Waals surface area contributed by atoms with Crippen LogP contribution in [-0.4, -0.2) is 108 Å². The highest BCUT2D eigenvalue weighted by atomic mass is 19.1. The number of rotatable bonds is 11. The number of imide groups is 2. The summed E-state index contributed by atoms with van der Waals surface area (Å²) < 4.78 is 22.7. The number of piperidine rings is 1. The van der Waals surface area contributed by atoms with E-state index in [0.29, 0.717) is 67.3 Å². The number of aryl methyl sites for hydroxylation is 2. The van der Waals surface area contributed by atoms with Crippen LogP contribution in [-0.2, 0) is 16.0 Å². The Bertz CT molecular complexity index is 2520. The van der Waals surface area contributed by atoms with Crippen molar-refractivity contribution in [3.05, 3.63) is 76.9 Å². The zero-order valence-corrected chi connectivity index (χ0v) is 32.9. The number of unbranched alkanes of at least 4 members (excludes halogenated alkanes) is 1. The number of amides is 6. The number of benzene rings is 1. The van der Waals surface area contributed by atoms with Crippen molar-refractivity contribution in [2.24, 2.45) is 0 Å². The predicted molar refractivity (Wildman–Crippen MR) is 214 cm³/mol. The van der Waals surface area contributed by atoms with Gasteiger partial charge in [-0.1, -0.05) is 18.0 Å². The Morgan fingerprint density at radius 2 is 1.73 bits per heavy atom. The second-order valence-electron chi connectivity index (χ2n) is 15.7. The number of halogens is 1. The lowest BCUT2D eigenvalue weighted by Gasteiger charge is -2.36. The molecule has 9 rings (SSSR count). The molecule has 0 bridgehead atoms. The summed E-state index contributed by atoms with van der Waals surface area (Å²) >= 11 is 0. The summed E-state index contributed by atoms with van der Waals surface area (Å²) in [5.41, 5.74) is 4.37. The van der Waals surface area contributed by atoms with Gasteiger partial charge in [0.15, 0.2) is 5.65 Å². The van der Waals surface area contributed by atoms with Gasteiger partial charge in [0.25, 0.3) is 11.8 Å². The number of nitrogens with one attached hydrogen (secondary N) is 3. The minimum Gasteiger partial charge on any atom is -0.367 e. The highest BCUT2D eigenvalue weighted by molar-refractivity contribution is 6.23. The summed E-state index contributed by atoms with van der Waals surface area (Å²) in [7, 11) is 0. The molecule has 3 aliphatic heterocycles. The zero-order valence-electron chi connectivity index (χ0n) is 32.9. The normalized spacial score (nSPS) is 18.7. The Morgan fingerprint density at radius 3 is 2.50 bits per heavy atom. The standard InChI is InChI=1S/C41H43FN12O6/c1-23-18-25(46-41(59)47-29-22-43-32-11-12-45-54(32)36(29)24-6-2-3-7-24)21-44-35(23)37-49-34(60-50-37)8-4-5-13-51-14-16-52(17-15-51)31-20-27-26(19-28(31)42)39(57)53(40(27)58)30-9-10-33(55)48-38(30)56/h11-12,18-22,24,30H,2-10,13-17H2,1H3,(H2,46,47,59)(H,48,55,56). The summed E-state index contributed by atoms with van der Waals surface area (Å²) in [5, 5.41) is 16.6. The number of fused-ring (bicyclic) bond motifs is 2. The minimum atomic E-state index is -1.11. The average molecular weight is 819 g/mol. The number of anilines is 3. The van der Waals surface area contributed by atoms with Gasteiger partial charge >= 0.3 is 6.03 Å². The van der Waals surface area contributed by atoms with Gasteiger partial charge in [-0.15, -0.1) is 0 Å². The van der Waals surface area contributed by atoms with E-state index < -0.39 is 41.5 Å². The number of nitrogens with zero attached hydrogens (tertiary/aromatic N) is 9. The SMILES string of the molecule is Cc1cc(NC(=O)Nc2cnc3ccnn3c2C2CCCC2)cnc1-c1noc(CCCCN2CCN(c3cc4c(cc3F)C(=O)N(C3CCC(=O)NC3=O)C4=O)CC2)n1. The molecule has 3 N–H and O–H groups in total. The van der Waals surface area contributed by atoms with Gasteiger partial charge in [-0.3, -0.25) is 39.3 Å². The molecule has 310 valence electrons. The molecule has 7 heterocycles. The van der Waals surface area contributed by atoms with E-state index in [1.54, 1.807) is 24.7 Å². The summed E-state index contributed by atoms with van der Waals surface area (Å²) in [6.07, 6.45) is 11.6. The smallest absolute Gasteiger partial charge is 0.323 e. The van der Waals surface area contributed by atoms with Gasteiger partial charge in [-0.2, -0.15) is 10.1 Å². The lowest BCUT2D eigenvalue weighted by Crippen LogP contribution is -2.54. The first-order chi connectivity index (χ1) is 29.1. The van der Waals surface area contributed by atoms with Crippen molar-refractivity contribution in [1.29, 1.82) is 0 Å². The monoisotopic (exact) mass is 818 g/mol. The lowest BCUT2D eigenvalue weighted by atomic mass is 10.0. The van der Waals surface area contributed by atoms with Gasteiger partial charge in [0.2, 0.25) is 23.5 Å². The topological polar surface area (TPSA) is 213 Å². The molecule has 0 radical (unpaired) electrons. The molecule has 1 saturated carbocycles. The molecule has 4 aromatic heterocycles. The van der Waals surface area contributed by atoms with E-state index in [-0.39, 0.29) is 29.7 Å². The molecule has 3 fully saturated rings. The first kappa shape index (κ1) is 38.9. The van der Waals surface area contributed by atoms with Crippen LogP contribution in [0.25, 0.3) is 17.2 Å². The van der Waals surface area contributed by atoms with Crippen molar-refractivity contribution in [2.45, 2.75) is 76.7 Å². The number of piperazine rings is 1. The number of carbonyl (C=O) groups is 5. The maximum atomic E-state index is 15.4. The third-order valence-electron chi connectivity index (χ3n) is 11.8.